The lowest BCUT2D eigenvalue weighted by Crippen LogP contribution is -1.98. The summed E-state index contributed by atoms with van der Waals surface area (Å²) in [5.74, 6) is 0. The Bertz CT molecular complexity index is 253. The SMILES string of the molecule is CCc1cc(CC=O)n(C)n1. The average Bonchev–Trinajstić information content (AvgIpc) is 2.33. The molecule has 1 aromatic heterocycles. The molecule has 0 aromatic carbocycles. The molecule has 1 heterocycles. The molecule has 0 radical (unpaired) electrons. The van der Waals surface area contributed by atoms with Crippen molar-refractivity contribution >= 4 is 6.29 Å². The number of hydrogen-bond donors (Lipinski definition) is 0. The average molecular weight is 152 g/mol. The van der Waals surface area contributed by atoms with Crippen molar-refractivity contribution in [1.82, 2.24) is 9.78 Å². The van der Waals surface area contributed by atoms with Gasteiger partial charge in [-0.05, 0) is 12.5 Å². The minimum Gasteiger partial charge on any atom is -0.303 e. The number of aldehydes is 1. The molecule has 11 heavy (non-hydrogen) atoms. The molecule has 0 bridgehead atoms. The molecule has 0 saturated carbocycles. The molecule has 0 aliphatic rings. The zero-order valence-corrected chi connectivity index (χ0v) is 6.87. The van der Waals surface area contributed by atoms with Gasteiger partial charge in [-0.3, -0.25) is 4.68 Å². The van der Waals surface area contributed by atoms with E-state index in [2.05, 4.69) is 5.10 Å². The third-order valence-electron chi connectivity index (χ3n) is 1.68. The smallest absolute Gasteiger partial charge is 0.125 e. The molecule has 1 aromatic rings. The summed E-state index contributed by atoms with van der Waals surface area (Å²) in [6.45, 7) is 2.05. The summed E-state index contributed by atoms with van der Waals surface area (Å²) in [5, 5.41) is 4.21. The van der Waals surface area contributed by atoms with Crippen LogP contribution in [-0.4, -0.2) is 16.1 Å². The lowest BCUT2D eigenvalue weighted by atomic mass is 10.2. The van der Waals surface area contributed by atoms with Crippen molar-refractivity contribution < 1.29 is 4.79 Å². The number of carbonyl (C=O) groups is 1. The summed E-state index contributed by atoms with van der Waals surface area (Å²) in [7, 11) is 1.86. The van der Waals surface area contributed by atoms with Gasteiger partial charge in [-0.15, -0.1) is 0 Å². The fraction of sp³-hybridized carbons (Fsp3) is 0.500. The Morgan fingerprint density at radius 2 is 2.45 bits per heavy atom. The predicted octanol–water partition coefficient (Wildman–Crippen LogP) is 0.724. The molecule has 0 amide bonds. The van der Waals surface area contributed by atoms with Gasteiger partial charge in [0.25, 0.3) is 0 Å². The highest BCUT2D eigenvalue weighted by Crippen LogP contribution is 2.02. The Morgan fingerprint density at radius 1 is 1.73 bits per heavy atom. The summed E-state index contributed by atoms with van der Waals surface area (Å²) in [6.07, 6.45) is 2.28. The van der Waals surface area contributed by atoms with Crippen LogP contribution in [0.1, 0.15) is 18.3 Å². The molecule has 0 aliphatic heterocycles. The van der Waals surface area contributed by atoms with Crippen molar-refractivity contribution in [1.29, 1.82) is 0 Å². The second kappa shape index (κ2) is 3.32. The Hall–Kier alpha value is -1.12. The van der Waals surface area contributed by atoms with Crippen molar-refractivity contribution in [3.63, 3.8) is 0 Å². The van der Waals surface area contributed by atoms with Crippen LogP contribution in [0.2, 0.25) is 0 Å². The molecular formula is C8H12N2O. The standard InChI is InChI=1S/C8H12N2O/c1-3-7-6-8(4-5-11)10(2)9-7/h5-6H,3-4H2,1-2H3. The minimum atomic E-state index is 0.462. The molecule has 0 spiro atoms. The molecule has 0 N–H and O–H groups in total. The zero-order chi connectivity index (χ0) is 8.27. The molecule has 1 rings (SSSR count). The van der Waals surface area contributed by atoms with Gasteiger partial charge in [0.2, 0.25) is 0 Å². The lowest BCUT2D eigenvalue weighted by Gasteiger charge is -1.92. The van der Waals surface area contributed by atoms with Gasteiger partial charge in [-0.2, -0.15) is 5.10 Å². The summed E-state index contributed by atoms with van der Waals surface area (Å²) in [4.78, 5) is 10.2. The maximum absolute atomic E-state index is 10.2. The van der Waals surface area contributed by atoms with Crippen LogP contribution in [-0.2, 0) is 24.7 Å². The molecule has 0 fully saturated rings. The van der Waals surface area contributed by atoms with Crippen LogP contribution in [0.25, 0.3) is 0 Å². The fourth-order valence-corrected chi connectivity index (χ4v) is 1.02. The summed E-state index contributed by atoms with van der Waals surface area (Å²) in [6, 6.07) is 1.97. The van der Waals surface area contributed by atoms with Gasteiger partial charge in [0, 0.05) is 19.2 Å². The number of hydrogen-bond acceptors (Lipinski definition) is 2. The number of rotatable bonds is 3. The van der Waals surface area contributed by atoms with E-state index in [0.29, 0.717) is 6.42 Å². The fourth-order valence-electron chi connectivity index (χ4n) is 1.02. The van der Waals surface area contributed by atoms with E-state index in [0.717, 1.165) is 24.1 Å². The highest BCUT2D eigenvalue weighted by Gasteiger charge is 2.01. The van der Waals surface area contributed by atoms with Crippen molar-refractivity contribution in [2.24, 2.45) is 7.05 Å². The Morgan fingerprint density at radius 3 is 2.91 bits per heavy atom. The lowest BCUT2D eigenvalue weighted by molar-refractivity contribution is -0.107. The van der Waals surface area contributed by atoms with Crippen LogP contribution in [0.3, 0.4) is 0 Å². The van der Waals surface area contributed by atoms with Crippen molar-refractivity contribution in [2.75, 3.05) is 0 Å². The van der Waals surface area contributed by atoms with Gasteiger partial charge in [-0.1, -0.05) is 6.92 Å². The molecule has 0 atom stereocenters. The van der Waals surface area contributed by atoms with E-state index in [1.807, 2.05) is 20.0 Å². The summed E-state index contributed by atoms with van der Waals surface area (Å²) < 4.78 is 1.76. The van der Waals surface area contributed by atoms with Crippen LogP contribution >= 0.6 is 0 Å². The predicted molar refractivity (Wildman–Crippen MR) is 42.4 cm³/mol. The zero-order valence-electron chi connectivity index (χ0n) is 6.87. The van der Waals surface area contributed by atoms with Crippen LogP contribution in [0, 0.1) is 0 Å². The largest absolute Gasteiger partial charge is 0.303 e. The summed E-state index contributed by atoms with van der Waals surface area (Å²) >= 11 is 0. The third kappa shape index (κ3) is 1.67. The van der Waals surface area contributed by atoms with E-state index in [1.165, 1.54) is 0 Å². The molecule has 60 valence electrons. The molecule has 3 nitrogen and oxygen atoms in total. The Balaban J connectivity index is 2.87. The van der Waals surface area contributed by atoms with E-state index in [-0.39, 0.29) is 0 Å². The van der Waals surface area contributed by atoms with Crippen molar-refractivity contribution in [2.45, 2.75) is 19.8 Å². The quantitative estimate of drug-likeness (QED) is 0.598. The molecule has 0 saturated heterocycles. The summed E-state index contributed by atoms with van der Waals surface area (Å²) in [5.41, 5.74) is 2.03. The van der Waals surface area contributed by atoms with E-state index >= 15 is 0 Å². The highest BCUT2D eigenvalue weighted by atomic mass is 16.1. The molecule has 0 aliphatic carbocycles. The van der Waals surface area contributed by atoms with Crippen LogP contribution < -0.4 is 0 Å². The van der Waals surface area contributed by atoms with E-state index in [9.17, 15) is 4.79 Å². The van der Waals surface area contributed by atoms with E-state index in [1.54, 1.807) is 4.68 Å². The van der Waals surface area contributed by atoms with Gasteiger partial charge < -0.3 is 4.79 Å². The topological polar surface area (TPSA) is 34.9 Å². The third-order valence-corrected chi connectivity index (χ3v) is 1.68. The van der Waals surface area contributed by atoms with Crippen molar-refractivity contribution in [3.8, 4) is 0 Å². The number of carbonyl (C=O) groups excluding carboxylic acids is 1. The second-order valence-electron chi connectivity index (χ2n) is 2.47. The van der Waals surface area contributed by atoms with Gasteiger partial charge >= 0.3 is 0 Å². The van der Waals surface area contributed by atoms with Gasteiger partial charge in [0.1, 0.15) is 6.29 Å². The maximum Gasteiger partial charge on any atom is 0.125 e. The number of aromatic nitrogens is 2. The monoisotopic (exact) mass is 152 g/mol. The molecular weight excluding hydrogens is 140 g/mol. The number of nitrogens with zero attached hydrogens (tertiary/aromatic N) is 2. The van der Waals surface area contributed by atoms with E-state index in [4.69, 9.17) is 0 Å². The van der Waals surface area contributed by atoms with Gasteiger partial charge in [0.05, 0.1) is 5.69 Å². The van der Waals surface area contributed by atoms with Crippen LogP contribution in [0.5, 0.6) is 0 Å². The Labute approximate surface area is 66.0 Å². The van der Waals surface area contributed by atoms with Crippen LogP contribution in [0.15, 0.2) is 6.07 Å². The Kier molecular flexibility index (Phi) is 2.41. The van der Waals surface area contributed by atoms with Gasteiger partial charge in [-0.25, -0.2) is 0 Å². The second-order valence-corrected chi connectivity index (χ2v) is 2.47. The molecule has 0 unspecified atom stereocenters. The minimum absolute atomic E-state index is 0.462. The highest BCUT2D eigenvalue weighted by molar-refractivity contribution is 5.53. The molecule has 3 heteroatoms. The van der Waals surface area contributed by atoms with Crippen LogP contribution in [0.4, 0.5) is 0 Å². The first kappa shape index (κ1) is 7.98. The first-order valence-electron chi connectivity index (χ1n) is 3.73. The normalized spacial score (nSPS) is 10.0. The maximum atomic E-state index is 10.2. The first-order chi connectivity index (χ1) is 5.27. The first-order valence-corrected chi connectivity index (χ1v) is 3.73. The van der Waals surface area contributed by atoms with Gasteiger partial charge in [0.15, 0.2) is 0 Å². The number of aryl methyl sites for hydroxylation is 2. The van der Waals surface area contributed by atoms with E-state index < -0.39 is 0 Å². The van der Waals surface area contributed by atoms with Crippen molar-refractivity contribution in [3.05, 3.63) is 17.5 Å².